The molecule has 0 spiro atoms. The number of hydrogen-bond acceptors (Lipinski definition) is 3. The molecular formula is C16H22N2O2S. The lowest BCUT2D eigenvalue weighted by Crippen LogP contribution is -2.45. The second-order valence-corrected chi connectivity index (χ2v) is 6.51. The monoisotopic (exact) mass is 306 g/mol. The zero-order chi connectivity index (χ0) is 15.4. The van der Waals surface area contributed by atoms with Gasteiger partial charge in [0.1, 0.15) is 6.04 Å². The normalized spacial score (nSPS) is 19.6. The topological polar surface area (TPSA) is 49.4 Å². The minimum Gasteiger partial charge on any atom is -0.344 e. The Kier molecular flexibility index (Phi) is 5.28. The fourth-order valence-electron chi connectivity index (χ4n) is 2.56. The number of nitrogens with one attached hydrogen (secondary N) is 1. The van der Waals surface area contributed by atoms with Crippen molar-refractivity contribution in [2.45, 2.75) is 37.6 Å². The van der Waals surface area contributed by atoms with Crippen molar-refractivity contribution >= 4 is 29.3 Å². The Bertz CT molecular complexity index is 531. The van der Waals surface area contributed by atoms with Gasteiger partial charge in [-0.05, 0) is 30.7 Å². The smallest absolute Gasteiger partial charge is 0.249 e. The molecule has 1 aliphatic heterocycles. The highest BCUT2D eigenvalue weighted by Crippen LogP contribution is 2.30. The Morgan fingerprint density at radius 1 is 1.33 bits per heavy atom. The molecule has 2 amide bonds. The van der Waals surface area contributed by atoms with E-state index in [2.05, 4.69) is 19.2 Å². The van der Waals surface area contributed by atoms with E-state index in [4.69, 9.17) is 0 Å². The first-order chi connectivity index (χ1) is 10.0. The molecular weight excluding hydrogens is 284 g/mol. The van der Waals surface area contributed by atoms with Crippen molar-refractivity contribution < 1.29 is 9.59 Å². The first-order valence-electron chi connectivity index (χ1n) is 7.26. The maximum Gasteiger partial charge on any atom is 0.249 e. The van der Waals surface area contributed by atoms with Crippen molar-refractivity contribution in [1.82, 2.24) is 5.32 Å². The van der Waals surface area contributed by atoms with Gasteiger partial charge in [0.15, 0.2) is 0 Å². The van der Waals surface area contributed by atoms with Crippen LogP contribution in [0, 0.1) is 5.92 Å². The quantitative estimate of drug-likeness (QED) is 0.870. The molecule has 1 heterocycles. The van der Waals surface area contributed by atoms with E-state index < -0.39 is 6.04 Å². The molecule has 2 rings (SSSR count). The van der Waals surface area contributed by atoms with Crippen LogP contribution in [0.2, 0.25) is 0 Å². The largest absolute Gasteiger partial charge is 0.344 e. The number of rotatable bonds is 4. The van der Waals surface area contributed by atoms with Crippen molar-refractivity contribution in [3.05, 3.63) is 24.3 Å². The third-order valence-corrected chi connectivity index (χ3v) is 4.33. The van der Waals surface area contributed by atoms with Gasteiger partial charge < -0.3 is 10.2 Å². The second kappa shape index (κ2) is 6.98. The van der Waals surface area contributed by atoms with E-state index >= 15 is 0 Å². The molecule has 0 radical (unpaired) electrons. The van der Waals surface area contributed by atoms with Gasteiger partial charge in [-0.15, -0.1) is 11.8 Å². The van der Waals surface area contributed by atoms with Gasteiger partial charge in [-0.2, -0.15) is 0 Å². The summed E-state index contributed by atoms with van der Waals surface area (Å²) in [6.45, 7) is 4.56. The molecule has 0 aliphatic carbocycles. The number of benzene rings is 1. The molecule has 0 bridgehead atoms. The Hall–Kier alpha value is -1.49. The second-order valence-electron chi connectivity index (χ2n) is 5.66. The van der Waals surface area contributed by atoms with Crippen molar-refractivity contribution in [2.75, 3.05) is 17.7 Å². The minimum atomic E-state index is -0.421. The molecule has 1 aliphatic rings. The lowest BCUT2D eigenvalue weighted by Gasteiger charge is -2.26. The van der Waals surface area contributed by atoms with Crippen LogP contribution in [0.1, 0.15) is 26.7 Å². The van der Waals surface area contributed by atoms with Gasteiger partial charge in [0.25, 0.3) is 0 Å². The molecule has 1 fully saturated rings. The van der Waals surface area contributed by atoms with Crippen LogP contribution < -0.4 is 10.2 Å². The van der Waals surface area contributed by atoms with E-state index in [1.807, 2.05) is 30.5 Å². The number of thioether (sulfide) groups is 1. The molecule has 1 unspecified atom stereocenters. The first kappa shape index (κ1) is 15.9. The lowest BCUT2D eigenvalue weighted by molar-refractivity contribution is -0.125. The summed E-state index contributed by atoms with van der Waals surface area (Å²) in [5.74, 6) is 0.309. The van der Waals surface area contributed by atoms with Gasteiger partial charge in [0.2, 0.25) is 11.8 Å². The molecule has 1 atom stereocenters. The van der Waals surface area contributed by atoms with Gasteiger partial charge >= 0.3 is 0 Å². The Balaban J connectivity index is 2.32. The lowest BCUT2D eigenvalue weighted by atomic mass is 10.0. The van der Waals surface area contributed by atoms with Gasteiger partial charge in [-0.25, -0.2) is 0 Å². The number of para-hydroxylation sites is 1. The molecule has 5 heteroatoms. The van der Waals surface area contributed by atoms with Crippen LogP contribution in [0.4, 0.5) is 5.69 Å². The number of anilines is 1. The third kappa shape index (κ3) is 3.79. The Labute approximate surface area is 130 Å². The predicted molar refractivity (Wildman–Crippen MR) is 86.6 cm³/mol. The van der Waals surface area contributed by atoms with Gasteiger partial charge in [0.05, 0.1) is 5.69 Å². The summed E-state index contributed by atoms with van der Waals surface area (Å²) >= 11 is 1.61. The summed E-state index contributed by atoms with van der Waals surface area (Å²) in [7, 11) is 0. The summed E-state index contributed by atoms with van der Waals surface area (Å²) in [6.07, 6.45) is 3.02. The molecule has 1 aromatic rings. The van der Waals surface area contributed by atoms with Gasteiger partial charge in [-0.1, -0.05) is 26.0 Å². The number of amides is 2. The van der Waals surface area contributed by atoms with E-state index in [9.17, 15) is 9.59 Å². The van der Waals surface area contributed by atoms with E-state index in [0.717, 1.165) is 10.6 Å². The zero-order valence-corrected chi connectivity index (χ0v) is 13.6. The SMILES string of the molecule is CSc1ccccc1N1CCC(=O)NC(CC(C)C)C1=O. The van der Waals surface area contributed by atoms with E-state index in [1.54, 1.807) is 16.7 Å². The van der Waals surface area contributed by atoms with Crippen LogP contribution >= 0.6 is 11.8 Å². The highest BCUT2D eigenvalue weighted by atomic mass is 32.2. The number of carbonyl (C=O) groups is 2. The van der Waals surface area contributed by atoms with Gasteiger partial charge in [0, 0.05) is 17.9 Å². The molecule has 0 saturated carbocycles. The molecule has 4 nitrogen and oxygen atoms in total. The number of carbonyl (C=O) groups excluding carboxylic acids is 2. The molecule has 1 saturated heterocycles. The molecule has 21 heavy (non-hydrogen) atoms. The maximum absolute atomic E-state index is 12.8. The van der Waals surface area contributed by atoms with E-state index in [0.29, 0.717) is 25.3 Å². The highest BCUT2D eigenvalue weighted by molar-refractivity contribution is 7.98. The highest BCUT2D eigenvalue weighted by Gasteiger charge is 2.31. The average molecular weight is 306 g/mol. The van der Waals surface area contributed by atoms with E-state index in [1.165, 1.54) is 0 Å². The predicted octanol–water partition coefficient (Wildman–Crippen LogP) is 2.68. The standard InChI is InChI=1S/C16H22N2O2S/c1-11(2)10-12-16(20)18(9-8-15(19)17-12)13-6-4-5-7-14(13)21-3/h4-7,11-12H,8-10H2,1-3H3,(H,17,19). The maximum atomic E-state index is 12.8. The Morgan fingerprint density at radius 2 is 2.05 bits per heavy atom. The van der Waals surface area contributed by atoms with Crippen LogP contribution in [-0.4, -0.2) is 30.7 Å². The van der Waals surface area contributed by atoms with Crippen molar-refractivity contribution in [3.63, 3.8) is 0 Å². The molecule has 1 aromatic carbocycles. The van der Waals surface area contributed by atoms with Crippen LogP contribution in [0.25, 0.3) is 0 Å². The first-order valence-corrected chi connectivity index (χ1v) is 8.49. The number of nitrogens with zero attached hydrogens (tertiary/aromatic N) is 1. The minimum absolute atomic E-state index is 0.00366. The third-order valence-electron chi connectivity index (χ3n) is 3.54. The summed E-state index contributed by atoms with van der Waals surface area (Å²) in [5.41, 5.74) is 0.903. The Morgan fingerprint density at radius 3 is 2.71 bits per heavy atom. The summed E-state index contributed by atoms with van der Waals surface area (Å²) in [4.78, 5) is 27.5. The van der Waals surface area contributed by atoms with Gasteiger partial charge in [-0.3, -0.25) is 9.59 Å². The van der Waals surface area contributed by atoms with Crippen molar-refractivity contribution in [3.8, 4) is 0 Å². The summed E-state index contributed by atoms with van der Waals surface area (Å²) < 4.78 is 0. The van der Waals surface area contributed by atoms with E-state index in [-0.39, 0.29) is 11.8 Å². The summed E-state index contributed by atoms with van der Waals surface area (Å²) in [6, 6.07) is 7.43. The molecule has 1 N–H and O–H groups in total. The number of hydrogen-bond donors (Lipinski definition) is 1. The summed E-state index contributed by atoms with van der Waals surface area (Å²) in [5, 5.41) is 2.86. The fourth-order valence-corrected chi connectivity index (χ4v) is 3.16. The average Bonchev–Trinajstić information content (AvgIpc) is 2.58. The fraction of sp³-hybridized carbons (Fsp3) is 0.500. The van der Waals surface area contributed by atoms with Crippen LogP contribution in [0.15, 0.2) is 29.2 Å². The van der Waals surface area contributed by atoms with Crippen LogP contribution in [-0.2, 0) is 9.59 Å². The molecule has 114 valence electrons. The van der Waals surface area contributed by atoms with Crippen molar-refractivity contribution in [2.24, 2.45) is 5.92 Å². The van der Waals surface area contributed by atoms with Crippen LogP contribution in [0.3, 0.4) is 0 Å². The van der Waals surface area contributed by atoms with Crippen LogP contribution in [0.5, 0.6) is 0 Å². The zero-order valence-electron chi connectivity index (χ0n) is 12.8. The van der Waals surface area contributed by atoms with Crippen molar-refractivity contribution in [1.29, 1.82) is 0 Å². The molecule has 0 aromatic heterocycles.